The number of benzene rings is 1. The maximum absolute atomic E-state index is 9.82. The number of H-pyrrole nitrogens is 1. The molecule has 3 N–H and O–H groups in total. The first-order valence-electron chi connectivity index (χ1n) is 6.22. The summed E-state index contributed by atoms with van der Waals surface area (Å²) in [5.41, 5.74) is 1.21. The lowest BCUT2D eigenvalue weighted by atomic mass is 10.2. The Labute approximate surface area is 122 Å². The molecule has 0 aliphatic rings. The summed E-state index contributed by atoms with van der Waals surface area (Å²) in [5.74, 6) is -0.00829. The number of aromatic nitrogens is 1. The van der Waals surface area contributed by atoms with Gasteiger partial charge in [0.2, 0.25) is 11.0 Å². The number of hydrogen-bond donors (Lipinski definition) is 3. The predicted molar refractivity (Wildman–Crippen MR) is 83.6 cm³/mol. The minimum Gasteiger partial charge on any atom is -0.493 e. The number of likely N-dealkylation sites (N-methyl/N-ethyl adjacent to an activating group) is 1. The first-order valence-corrected chi connectivity index (χ1v) is 6.62. The van der Waals surface area contributed by atoms with Crippen molar-refractivity contribution >= 4 is 33.9 Å². The number of fused-ring (bicyclic) bond motifs is 1. The number of hydrogen-bond acceptors (Lipinski definition) is 4. The summed E-state index contributed by atoms with van der Waals surface area (Å²) < 4.78 is 0. The zero-order chi connectivity index (χ0) is 14.5. The Kier molecular flexibility index (Phi) is 4.65. The summed E-state index contributed by atoms with van der Waals surface area (Å²) >= 11 is 5.06. The van der Waals surface area contributed by atoms with Crippen molar-refractivity contribution in [3.63, 3.8) is 0 Å². The minimum atomic E-state index is -0.00829. The second kappa shape index (κ2) is 6.44. The highest BCUT2D eigenvalue weighted by atomic mass is 32.1. The molecule has 1 aromatic heterocycles. The fraction of sp³-hybridized carbons (Fsp3) is 0.308. The molecule has 1 aromatic carbocycles. The lowest BCUT2D eigenvalue weighted by molar-refractivity contribution is 0.413. The van der Waals surface area contributed by atoms with Crippen LogP contribution in [0.4, 0.5) is 5.69 Å². The van der Waals surface area contributed by atoms with Crippen LogP contribution in [0.3, 0.4) is 0 Å². The van der Waals surface area contributed by atoms with Crippen molar-refractivity contribution in [2.24, 2.45) is 10.2 Å². The Morgan fingerprint density at radius 1 is 1.40 bits per heavy atom. The number of azo groups is 1. The Bertz CT molecular complexity index is 635. The van der Waals surface area contributed by atoms with Gasteiger partial charge in [-0.2, -0.15) is 0 Å². The molecule has 0 aliphatic heterocycles. The van der Waals surface area contributed by atoms with Crippen LogP contribution in [0.1, 0.15) is 0 Å². The molecule has 7 heteroatoms. The highest BCUT2D eigenvalue weighted by Gasteiger charge is 2.09. The third-order valence-electron chi connectivity index (χ3n) is 2.74. The molecule has 0 atom stereocenters. The maximum Gasteiger partial charge on any atom is 0.218 e. The zero-order valence-corrected chi connectivity index (χ0v) is 12.2. The first kappa shape index (κ1) is 14.4. The molecule has 1 heterocycles. The molecule has 20 heavy (non-hydrogen) atoms. The molecule has 0 unspecified atom stereocenters. The van der Waals surface area contributed by atoms with E-state index in [1.54, 1.807) is 0 Å². The lowest BCUT2D eigenvalue weighted by Crippen LogP contribution is -2.29. The van der Waals surface area contributed by atoms with Crippen molar-refractivity contribution in [1.29, 1.82) is 0 Å². The van der Waals surface area contributed by atoms with Gasteiger partial charge in [-0.05, 0) is 32.4 Å². The third kappa shape index (κ3) is 3.52. The van der Waals surface area contributed by atoms with Crippen LogP contribution in [0, 0.1) is 0 Å². The average Bonchev–Trinajstić information content (AvgIpc) is 2.71. The fourth-order valence-electron chi connectivity index (χ4n) is 1.73. The highest BCUT2D eigenvalue weighted by Crippen LogP contribution is 2.34. The van der Waals surface area contributed by atoms with E-state index < -0.39 is 0 Å². The molecule has 2 rings (SSSR count). The van der Waals surface area contributed by atoms with Crippen molar-refractivity contribution < 1.29 is 5.11 Å². The molecular weight excluding hydrogens is 274 g/mol. The van der Waals surface area contributed by atoms with Crippen molar-refractivity contribution in [3.05, 3.63) is 24.3 Å². The van der Waals surface area contributed by atoms with Gasteiger partial charge in [0.15, 0.2) is 5.69 Å². The average molecular weight is 291 g/mol. The summed E-state index contributed by atoms with van der Waals surface area (Å²) in [7, 11) is 3.96. The quantitative estimate of drug-likeness (QED) is 0.597. The second-order valence-corrected chi connectivity index (χ2v) is 4.99. The first-order chi connectivity index (χ1) is 9.58. The SMILES string of the molecule is CN(C)CCNC(=S)N=Nc1c(O)[nH]c2ccccc12. The fourth-order valence-corrected chi connectivity index (χ4v) is 1.87. The molecule has 106 valence electrons. The number of aromatic amines is 1. The maximum atomic E-state index is 9.82. The van der Waals surface area contributed by atoms with Crippen LogP contribution in [0.25, 0.3) is 10.9 Å². The minimum absolute atomic E-state index is 0.00829. The van der Waals surface area contributed by atoms with Crippen molar-refractivity contribution in [3.8, 4) is 5.88 Å². The molecule has 2 aromatic rings. The molecule has 0 amide bonds. The monoisotopic (exact) mass is 291 g/mol. The van der Waals surface area contributed by atoms with Gasteiger partial charge in [0.1, 0.15) is 0 Å². The summed E-state index contributed by atoms with van der Waals surface area (Å²) in [6, 6.07) is 7.49. The largest absolute Gasteiger partial charge is 0.493 e. The number of rotatable bonds is 4. The van der Waals surface area contributed by atoms with E-state index in [0.29, 0.717) is 17.3 Å². The van der Waals surface area contributed by atoms with E-state index in [-0.39, 0.29) is 5.88 Å². The number of nitrogens with one attached hydrogen (secondary N) is 2. The molecule has 0 saturated carbocycles. The summed E-state index contributed by atoms with van der Waals surface area (Å²) in [6.45, 7) is 1.55. The van der Waals surface area contributed by atoms with Gasteiger partial charge in [-0.15, -0.1) is 10.2 Å². The van der Waals surface area contributed by atoms with Gasteiger partial charge in [0, 0.05) is 18.5 Å². The summed E-state index contributed by atoms with van der Waals surface area (Å²) in [6.07, 6.45) is 0. The standard InChI is InChI=1S/C13H17N5OS/c1-18(2)8-7-14-13(20)17-16-11-9-5-3-4-6-10(9)15-12(11)19/h3-6,15,19H,7-8H2,1-2H3,(H,14,20). The molecule has 0 saturated heterocycles. The van der Waals surface area contributed by atoms with Gasteiger partial charge in [0.05, 0.1) is 5.52 Å². The second-order valence-electron chi connectivity index (χ2n) is 4.60. The van der Waals surface area contributed by atoms with Crippen LogP contribution < -0.4 is 5.32 Å². The number of thiocarbonyl (C=S) groups is 1. The van der Waals surface area contributed by atoms with Gasteiger partial charge in [0.25, 0.3) is 0 Å². The smallest absolute Gasteiger partial charge is 0.218 e. The Hall–Kier alpha value is -1.99. The van der Waals surface area contributed by atoms with E-state index in [4.69, 9.17) is 12.2 Å². The molecule has 0 aliphatic carbocycles. The van der Waals surface area contributed by atoms with E-state index in [1.165, 1.54) is 0 Å². The molecule has 0 radical (unpaired) electrons. The van der Waals surface area contributed by atoms with E-state index in [2.05, 4.69) is 20.5 Å². The predicted octanol–water partition coefficient (Wildman–Crippen LogP) is 2.39. The topological polar surface area (TPSA) is 76.0 Å². The van der Waals surface area contributed by atoms with Crippen molar-refractivity contribution in [1.82, 2.24) is 15.2 Å². The molecule has 0 fully saturated rings. The highest BCUT2D eigenvalue weighted by molar-refractivity contribution is 7.80. The van der Waals surface area contributed by atoms with Gasteiger partial charge in [-0.3, -0.25) is 0 Å². The van der Waals surface area contributed by atoms with E-state index >= 15 is 0 Å². The Morgan fingerprint density at radius 3 is 2.90 bits per heavy atom. The number of nitrogens with zero attached hydrogens (tertiary/aromatic N) is 3. The van der Waals surface area contributed by atoms with Crippen LogP contribution in [0.5, 0.6) is 5.88 Å². The Balaban J connectivity index is 2.06. The normalized spacial score (nSPS) is 11.6. The van der Waals surface area contributed by atoms with Crippen LogP contribution in [0.2, 0.25) is 0 Å². The number of aromatic hydroxyl groups is 1. The van der Waals surface area contributed by atoms with Crippen LogP contribution in [0.15, 0.2) is 34.5 Å². The molecule has 0 spiro atoms. The summed E-state index contributed by atoms with van der Waals surface area (Å²) in [5, 5.41) is 21.8. The van der Waals surface area contributed by atoms with Crippen molar-refractivity contribution in [2.75, 3.05) is 27.2 Å². The van der Waals surface area contributed by atoms with Crippen molar-refractivity contribution in [2.45, 2.75) is 0 Å². The van der Waals surface area contributed by atoms with Crippen LogP contribution in [-0.2, 0) is 0 Å². The molecular formula is C13H17N5OS. The summed E-state index contributed by atoms with van der Waals surface area (Å²) in [4.78, 5) is 4.88. The Morgan fingerprint density at radius 2 is 2.15 bits per heavy atom. The number of para-hydroxylation sites is 1. The van der Waals surface area contributed by atoms with Crippen LogP contribution >= 0.6 is 12.2 Å². The van der Waals surface area contributed by atoms with Gasteiger partial charge < -0.3 is 20.3 Å². The van der Waals surface area contributed by atoms with E-state index in [1.807, 2.05) is 43.3 Å². The molecule has 0 bridgehead atoms. The van der Waals surface area contributed by atoms with E-state index in [9.17, 15) is 5.11 Å². The third-order valence-corrected chi connectivity index (χ3v) is 2.96. The van der Waals surface area contributed by atoms with Gasteiger partial charge in [-0.1, -0.05) is 18.2 Å². The molecule has 6 nitrogen and oxygen atoms in total. The van der Waals surface area contributed by atoms with Gasteiger partial charge in [-0.25, -0.2) is 0 Å². The zero-order valence-electron chi connectivity index (χ0n) is 11.4. The van der Waals surface area contributed by atoms with E-state index in [0.717, 1.165) is 17.4 Å². The van der Waals surface area contributed by atoms with Crippen LogP contribution in [-0.4, -0.2) is 47.3 Å². The van der Waals surface area contributed by atoms with Gasteiger partial charge >= 0.3 is 0 Å². The lowest BCUT2D eigenvalue weighted by Gasteiger charge is -2.09.